The van der Waals surface area contributed by atoms with E-state index in [9.17, 15) is 4.79 Å². The Balaban J connectivity index is 2.76. The van der Waals surface area contributed by atoms with Gasteiger partial charge in [0, 0.05) is 6.92 Å². The molecule has 66 valence electrons. The van der Waals surface area contributed by atoms with Gasteiger partial charge in [-0.2, -0.15) is 0 Å². The summed E-state index contributed by atoms with van der Waals surface area (Å²) >= 11 is 0. The van der Waals surface area contributed by atoms with Crippen LogP contribution in [0.5, 0.6) is 0 Å². The lowest BCUT2D eigenvalue weighted by atomic mass is 10.1. The first kappa shape index (κ1) is 7.98. The number of Topliss-reactive ketones (excluding diaryl/α,β-unsaturated/α-hetero) is 1. The maximum Gasteiger partial charge on any atom is 0.209 e. The summed E-state index contributed by atoms with van der Waals surface area (Å²) in [5.41, 5.74) is 1.85. The minimum absolute atomic E-state index is 0.0913. The standard InChI is InChI=1S/C10H9NO2/c1-6-3-4-8-9(5-6)11-13-10(8)7(2)12/h3-5H,1-2H3. The van der Waals surface area contributed by atoms with Crippen LogP contribution in [0.3, 0.4) is 0 Å². The number of hydrogen-bond donors (Lipinski definition) is 0. The first-order valence-electron chi connectivity index (χ1n) is 4.05. The van der Waals surface area contributed by atoms with E-state index in [2.05, 4.69) is 5.16 Å². The smallest absolute Gasteiger partial charge is 0.209 e. The number of aromatic nitrogens is 1. The van der Waals surface area contributed by atoms with Crippen LogP contribution in [0.15, 0.2) is 22.7 Å². The molecule has 0 aliphatic rings. The van der Waals surface area contributed by atoms with Crippen molar-refractivity contribution in [3.8, 4) is 0 Å². The van der Waals surface area contributed by atoms with Crippen LogP contribution in [-0.4, -0.2) is 10.9 Å². The molecular formula is C10H9NO2. The molecule has 13 heavy (non-hydrogen) atoms. The van der Waals surface area contributed by atoms with Crippen molar-refractivity contribution in [1.82, 2.24) is 5.16 Å². The summed E-state index contributed by atoms with van der Waals surface area (Å²) in [5, 5.41) is 4.59. The Bertz CT molecular complexity index is 471. The van der Waals surface area contributed by atoms with E-state index in [1.165, 1.54) is 6.92 Å². The summed E-state index contributed by atoms with van der Waals surface area (Å²) in [6.45, 7) is 3.45. The maximum absolute atomic E-state index is 11.1. The van der Waals surface area contributed by atoms with E-state index < -0.39 is 0 Å². The molecule has 0 spiro atoms. The van der Waals surface area contributed by atoms with E-state index in [-0.39, 0.29) is 5.78 Å². The van der Waals surface area contributed by atoms with Crippen molar-refractivity contribution in [3.63, 3.8) is 0 Å². The molecule has 0 aliphatic heterocycles. The van der Waals surface area contributed by atoms with Gasteiger partial charge in [0.2, 0.25) is 5.76 Å². The number of carbonyl (C=O) groups excluding carboxylic acids is 1. The van der Waals surface area contributed by atoms with E-state index in [1.807, 2.05) is 25.1 Å². The summed E-state index contributed by atoms with van der Waals surface area (Å²) in [6, 6.07) is 5.69. The van der Waals surface area contributed by atoms with Gasteiger partial charge in [-0.05, 0) is 24.6 Å². The molecule has 3 nitrogen and oxygen atoms in total. The van der Waals surface area contributed by atoms with Crippen LogP contribution in [0.1, 0.15) is 23.0 Å². The van der Waals surface area contributed by atoms with Gasteiger partial charge in [0.25, 0.3) is 0 Å². The molecule has 0 saturated heterocycles. The van der Waals surface area contributed by atoms with Crippen molar-refractivity contribution in [2.24, 2.45) is 0 Å². The van der Waals surface area contributed by atoms with Gasteiger partial charge >= 0.3 is 0 Å². The largest absolute Gasteiger partial charge is 0.352 e. The Kier molecular flexibility index (Phi) is 1.65. The minimum Gasteiger partial charge on any atom is -0.352 e. The van der Waals surface area contributed by atoms with Gasteiger partial charge in [0.1, 0.15) is 5.52 Å². The normalized spacial score (nSPS) is 10.6. The Hall–Kier alpha value is -1.64. The lowest BCUT2D eigenvalue weighted by Crippen LogP contribution is -1.88. The molecule has 0 unspecified atom stereocenters. The third kappa shape index (κ3) is 1.22. The number of hydrogen-bond acceptors (Lipinski definition) is 3. The van der Waals surface area contributed by atoms with Crippen molar-refractivity contribution in [1.29, 1.82) is 0 Å². The highest BCUT2D eigenvalue weighted by Crippen LogP contribution is 2.19. The molecule has 3 heteroatoms. The number of rotatable bonds is 1. The average molecular weight is 175 g/mol. The molecule has 0 atom stereocenters. The monoisotopic (exact) mass is 175 g/mol. The van der Waals surface area contributed by atoms with Crippen LogP contribution in [-0.2, 0) is 0 Å². The second kappa shape index (κ2) is 2.69. The highest BCUT2D eigenvalue weighted by molar-refractivity contribution is 6.03. The lowest BCUT2D eigenvalue weighted by Gasteiger charge is -1.90. The average Bonchev–Trinajstić information content (AvgIpc) is 2.46. The number of ketones is 1. The predicted molar refractivity (Wildman–Crippen MR) is 48.8 cm³/mol. The number of aryl methyl sites for hydroxylation is 1. The van der Waals surface area contributed by atoms with E-state index in [1.54, 1.807) is 0 Å². The van der Waals surface area contributed by atoms with Gasteiger partial charge in [-0.25, -0.2) is 0 Å². The van der Waals surface area contributed by atoms with E-state index in [4.69, 9.17) is 4.52 Å². The molecule has 0 bridgehead atoms. The highest BCUT2D eigenvalue weighted by Gasteiger charge is 2.11. The zero-order chi connectivity index (χ0) is 9.42. The van der Waals surface area contributed by atoms with Gasteiger partial charge in [0.05, 0.1) is 5.39 Å². The zero-order valence-corrected chi connectivity index (χ0v) is 7.50. The molecule has 0 N–H and O–H groups in total. The van der Waals surface area contributed by atoms with Crippen LogP contribution in [0.2, 0.25) is 0 Å². The van der Waals surface area contributed by atoms with Crippen LogP contribution in [0.25, 0.3) is 10.9 Å². The topological polar surface area (TPSA) is 43.1 Å². The summed E-state index contributed by atoms with van der Waals surface area (Å²) in [5.74, 6) is 0.251. The van der Waals surface area contributed by atoms with Gasteiger partial charge in [-0.1, -0.05) is 11.2 Å². The first-order chi connectivity index (χ1) is 6.18. The fourth-order valence-electron chi connectivity index (χ4n) is 1.31. The van der Waals surface area contributed by atoms with E-state index in [0.29, 0.717) is 5.76 Å². The molecule has 1 aromatic heterocycles. The van der Waals surface area contributed by atoms with Crippen molar-refractivity contribution < 1.29 is 9.32 Å². The van der Waals surface area contributed by atoms with Crippen molar-refractivity contribution in [2.45, 2.75) is 13.8 Å². The molecule has 0 radical (unpaired) electrons. The summed E-state index contributed by atoms with van der Waals surface area (Å²) < 4.78 is 4.93. The third-order valence-electron chi connectivity index (χ3n) is 1.95. The van der Waals surface area contributed by atoms with Crippen LogP contribution in [0, 0.1) is 6.92 Å². The fourth-order valence-corrected chi connectivity index (χ4v) is 1.31. The zero-order valence-electron chi connectivity index (χ0n) is 7.50. The maximum atomic E-state index is 11.1. The number of fused-ring (bicyclic) bond motifs is 1. The number of benzene rings is 1. The molecule has 2 rings (SSSR count). The molecule has 0 fully saturated rings. The SMILES string of the molecule is CC(=O)c1onc2cc(C)ccc12. The van der Waals surface area contributed by atoms with E-state index >= 15 is 0 Å². The fraction of sp³-hybridized carbons (Fsp3) is 0.200. The molecule has 0 aliphatic carbocycles. The number of carbonyl (C=O) groups is 1. The quantitative estimate of drug-likeness (QED) is 0.625. The first-order valence-corrected chi connectivity index (χ1v) is 4.05. The Labute approximate surface area is 75.3 Å². The summed E-state index contributed by atoms with van der Waals surface area (Å²) in [4.78, 5) is 11.1. The molecule has 1 aromatic carbocycles. The van der Waals surface area contributed by atoms with Crippen LogP contribution >= 0.6 is 0 Å². The molecule has 2 aromatic rings. The molecular weight excluding hydrogens is 166 g/mol. The summed E-state index contributed by atoms with van der Waals surface area (Å²) in [7, 11) is 0. The van der Waals surface area contributed by atoms with Crippen LogP contribution in [0.4, 0.5) is 0 Å². The highest BCUT2D eigenvalue weighted by atomic mass is 16.5. The van der Waals surface area contributed by atoms with E-state index in [0.717, 1.165) is 16.5 Å². The third-order valence-corrected chi connectivity index (χ3v) is 1.95. The number of nitrogens with zero attached hydrogens (tertiary/aromatic N) is 1. The second-order valence-corrected chi connectivity index (χ2v) is 3.09. The predicted octanol–water partition coefficient (Wildman–Crippen LogP) is 2.34. The Morgan fingerprint density at radius 1 is 1.46 bits per heavy atom. The summed E-state index contributed by atoms with van der Waals surface area (Å²) in [6.07, 6.45) is 0. The van der Waals surface area contributed by atoms with Crippen molar-refractivity contribution in [3.05, 3.63) is 29.5 Å². The molecule has 1 heterocycles. The lowest BCUT2D eigenvalue weighted by molar-refractivity contribution is 0.0981. The van der Waals surface area contributed by atoms with Crippen molar-refractivity contribution in [2.75, 3.05) is 0 Å². The van der Waals surface area contributed by atoms with Gasteiger partial charge in [-0.3, -0.25) is 4.79 Å². The van der Waals surface area contributed by atoms with Crippen molar-refractivity contribution >= 4 is 16.7 Å². The van der Waals surface area contributed by atoms with Crippen LogP contribution < -0.4 is 0 Å². The Morgan fingerprint density at radius 2 is 2.23 bits per heavy atom. The molecule has 0 saturated carbocycles. The Morgan fingerprint density at radius 3 is 2.92 bits per heavy atom. The van der Waals surface area contributed by atoms with Gasteiger partial charge < -0.3 is 4.52 Å². The van der Waals surface area contributed by atoms with Gasteiger partial charge in [-0.15, -0.1) is 0 Å². The minimum atomic E-state index is -0.0913. The second-order valence-electron chi connectivity index (χ2n) is 3.09. The van der Waals surface area contributed by atoms with Gasteiger partial charge in [0.15, 0.2) is 5.78 Å². The molecule has 0 amide bonds.